The van der Waals surface area contributed by atoms with Crippen molar-refractivity contribution < 1.29 is 43.0 Å². The summed E-state index contributed by atoms with van der Waals surface area (Å²) in [5, 5.41) is 9.74. The molecule has 0 saturated carbocycles. The van der Waals surface area contributed by atoms with Crippen molar-refractivity contribution in [3.8, 4) is 34.5 Å². The molecule has 9 nitrogen and oxygen atoms in total. The van der Waals surface area contributed by atoms with E-state index in [1.165, 1.54) is 0 Å². The smallest absolute Gasteiger partial charge is 0.164 e. The first-order chi connectivity index (χ1) is 33.8. The second kappa shape index (κ2) is 22.5. The van der Waals surface area contributed by atoms with Crippen LogP contribution < -0.4 is 28.4 Å². The molecular weight excluding hydrogens is 865 g/mol. The maximum absolute atomic E-state index is 9.74. The van der Waals surface area contributed by atoms with Crippen LogP contribution in [-0.4, -0.2) is 10.9 Å². The minimum atomic E-state index is -0.870. The fourth-order valence-electron chi connectivity index (χ4n) is 8.04. The SMILES string of the molecule is CC1(C)O[C@H](c2ccc(CO)cc2)[C@@H](c2ccc(OCc3cc(OCc4ccccc4)cc(OCc4ccccc4)c3)c(OCc3cc(OCc4ccccc4)cc(OCc4ccccc4)c3)c2)O1. The fourth-order valence-corrected chi connectivity index (χ4v) is 8.04. The highest BCUT2D eigenvalue weighted by Crippen LogP contribution is 2.48. The number of rotatable bonds is 21. The van der Waals surface area contributed by atoms with E-state index in [0.29, 0.717) is 60.9 Å². The number of aliphatic hydroxyl groups is 1. The third-order valence-electron chi connectivity index (χ3n) is 11.5. The number of benzene rings is 8. The van der Waals surface area contributed by atoms with Gasteiger partial charge in [0.05, 0.1) is 6.61 Å². The van der Waals surface area contributed by atoms with Crippen LogP contribution >= 0.6 is 0 Å². The Hall–Kier alpha value is -7.56. The third kappa shape index (κ3) is 13.1. The molecule has 0 aliphatic carbocycles. The van der Waals surface area contributed by atoms with Gasteiger partial charge < -0.3 is 43.0 Å². The summed E-state index contributed by atoms with van der Waals surface area (Å²) in [7, 11) is 0. The maximum Gasteiger partial charge on any atom is 0.164 e. The molecular formula is C60H56O9. The summed E-state index contributed by atoms with van der Waals surface area (Å²) >= 11 is 0. The predicted octanol–water partition coefficient (Wildman–Crippen LogP) is 13.2. The predicted molar refractivity (Wildman–Crippen MR) is 265 cm³/mol. The van der Waals surface area contributed by atoms with E-state index in [1.807, 2.05) is 214 Å². The monoisotopic (exact) mass is 920 g/mol. The molecule has 1 saturated heterocycles. The van der Waals surface area contributed by atoms with Crippen LogP contribution in [0.25, 0.3) is 0 Å². The Balaban J connectivity index is 1.01. The summed E-state index contributed by atoms with van der Waals surface area (Å²) in [5.74, 6) is 2.80. The zero-order chi connectivity index (χ0) is 47.3. The minimum absolute atomic E-state index is 0.0465. The van der Waals surface area contributed by atoms with Crippen LogP contribution in [0.4, 0.5) is 0 Å². The van der Waals surface area contributed by atoms with Crippen molar-refractivity contribution in [3.05, 3.63) is 250 Å². The molecule has 1 aliphatic rings. The molecule has 0 unspecified atom stereocenters. The second-order valence-electron chi connectivity index (χ2n) is 17.4. The number of hydrogen-bond acceptors (Lipinski definition) is 9. The highest BCUT2D eigenvalue weighted by Gasteiger charge is 2.43. The van der Waals surface area contributed by atoms with Crippen LogP contribution in [0, 0.1) is 0 Å². The Morgan fingerprint density at radius 2 is 0.696 bits per heavy atom. The lowest BCUT2D eigenvalue weighted by Crippen LogP contribution is -2.20. The van der Waals surface area contributed by atoms with Crippen molar-refractivity contribution in [2.75, 3.05) is 0 Å². The standard InChI is InChI=1S/C60H56O9/c1-60(2)68-58(50-25-23-43(36-61)24-26-50)59(69-60)51-27-28-56(66-41-48-29-52(62-37-44-15-7-3-8-16-44)34-53(30-48)63-38-45-17-9-4-10-18-45)57(33-51)67-42-49-31-54(64-39-46-19-11-5-12-20-46)35-55(32-49)65-40-47-21-13-6-14-22-47/h3-35,58-59,61H,36-42H2,1-2H3/t58-,59-/m1/s1. The lowest BCUT2D eigenvalue weighted by atomic mass is 9.97. The Morgan fingerprint density at radius 1 is 0.348 bits per heavy atom. The van der Waals surface area contributed by atoms with Gasteiger partial charge in [-0.2, -0.15) is 0 Å². The molecule has 0 bridgehead atoms. The average molecular weight is 921 g/mol. The quantitative estimate of drug-likeness (QED) is 0.0756. The molecule has 8 aromatic carbocycles. The number of ether oxygens (including phenoxy) is 8. The third-order valence-corrected chi connectivity index (χ3v) is 11.5. The van der Waals surface area contributed by atoms with Crippen LogP contribution in [-0.2, 0) is 55.7 Å². The Bertz CT molecular complexity index is 2730. The maximum atomic E-state index is 9.74. The van der Waals surface area contributed by atoms with Crippen LogP contribution in [0.3, 0.4) is 0 Å². The summed E-state index contributed by atoms with van der Waals surface area (Å²) in [5.41, 5.74) is 8.50. The van der Waals surface area contributed by atoms with Crippen LogP contribution in [0.5, 0.6) is 34.5 Å². The van der Waals surface area contributed by atoms with Gasteiger partial charge in [0.15, 0.2) is 17.3 Å². The highest BCUT2D eigenvalue weighted by atomic mass is 16.8. The molecule has 0 spiro atoms. The van der Waals surface area contributed by atoms with Crippen molar-refractivity contribution in [2.45, 2.75) is 78.1 Å². The van der Waals surface area contributed by atoms with Crippen LogP contribution in [0.2, 0.25) is 0 Å². The van der Waals surface area contributed by atoms with Crippen LogP contribution in [0.1, 0.15) is 76.1 Å². The van der Waals surface area contributed by atoms with Crippen molar-refractivity contribution in [3.63, 3.8) is 0 Å². The molecule has 0 radical (unpaired) electrons. The van der Waals surface area contributed by atoms with Gasteiger partial charge in [0, 0.05) is 12.1 Å². The summed E-state index contributed by atoms with van der Waals surface area (Å²) in [4.78, 5) is 0. The molecule has 350 valence electrons. The first-order valence-electron chi connectivity index (χ1n) is 23.2. The molecule has 69 heavy (non-hydrogen) atoms. The van der Waals surface area contributed by atoms with E-state index in [9.17, 15) is 5.11 Å². The minimum Gasteiger partial charge on any atom is -0.489 e. The molecule has 8 aromatic rings. The zero-order valence-electron chi connectivity index (χ0n) is 38.9. The van der Waals surface area contributed by atoms with E-state index in [0.717, 1.165) is 50.1 Å². The van der Waals surface area contributed by atoms with E-state index >= 15 is 0 Å². The summed E-state index contributed by atoms with van der Waals surface area (Å²) in [6.45, 7) is 5.73. The Labute approximate surface area is 404 Å². The van der Waals surface area contributed by atoms with Crippen molar-refractivity contribution in [1.82, 2.24) is 0 Å². The van der Waals surface area contributed by atoms with Crippen LogP contribution in [0.15, 0.2) is 200 Å². The molecule has 1 heterocycles. The fraction of sp³-hybridized carbons (Fsp3) is 0.200. The number of hydrogen-bond donors (Lipinski definition) is 1. The highest BCUT2D eigenvalue weighted by molar-refractivity contribution is 5.46. The largest absolute Gasteiger partial charge is 0.489 e. The summed E-state index contributed by atoms with van der Waals surface area (Å²) in [6.07, 6.45) is -0.907. The average Bonchev–Trinajstić information content (AvgIpc) is 3.73. The van der Waals surface area contributed by atoms with Crippen molar-refractivity contribution >= 4 is 0 Å². The molecule has 0 aromatic heterocycles. The van der Waals surface area contributed by atoms with Gasteiger partial charge in [-0.05, 0) is 100 Å². The van der Waals surface area contributed by atoms with Gasteiger partial charge in [0.2, 0.25) is 0 Å². The van der Waals surface area contributed by atoms with Gasteiger partial charge in [-0.15, -0.1) is 0 Å². The molecule has 2 atom stereocenters. The van der Waals surface area contributed by atoms with E-state index < -0.39 is 18.0 Å². The topological polar surface area (TPSA) is 94.1 Å². The molecule has 1 N–H and O–H groups in total. The van der Waals surface area contributed by atoms with Gasteiger partial charge in [-0.3, -0.25) is 0 Å². The molecule has 1 fully saturated rings. The van der Waals surface area contributed by atoms with Crippen molar-refractivity contribution in [1.29, 1.82) is 0 Å². The van der Waals surface area contributed by atoms with Gasteiger partial charge >= 0.3 is 0 Å². The van der Waals surface area contributed by atoms with Crippen molar-refractivity contribution in [2.24, 2.45) is 0 Å². The van der Waals surface area contributed by atoms with E-state index in [4.69, 9.17) is 37.9 Å². The molecule has 1 aliphatic heterocycles. The molecule has 9 rings (SSSR count). The van der Waals surface area contributed by atoms with Gasteiger partial charge in [-0.1, -0.05) is 152 Å². The number of aliphatic hydroxyl groups excluding tert-OH is 1. The first-order valence-corrected chi connectivity index (χ1v) is 23.2. The van der Waals surface area contributed by atoms with Gasteiger partial charge in [0.25, 0.3) is 0 Å². The van der Waals surface area contributed by atoms with Gasteiger partial charge in [0.1, 0.15) is 74.8 Å². The summed E-state index contributed by atoms with van der Waals surface area (Å²) < 4.78 is 51.9. The lowest BCUT2D eigenvalue weighted by molar-refractivity contribution is -0.147. The Kier molecular flexibility index (Phi) is 15.2. The normalized spacial score (nSPS) is 15.0. The lowest BCUT2D eigenvalue weighted by Gasteiger charge is -2.21. The zero-order valence-corrected chi connectivity index (χ0v) is 38.9. The molecule has 9 heteroatoms. The summed E-state index contributed by atoms with van der Waals surface area (Å²) in [6, 6.07) is 65.6. The molecule has 0 amide bonds. The second-order valence-corrected chi connectivity index (χ2v) is 17.4. The Morgan fingerprint density at radius 3 is 1.09 bits per heavy atom. The first kappa shape index (κ1) is 46.5. The van der Waals surface area contributed by atoms with E-state index in [-0.39, 0.29) is 19.8 Å². The van der Waals surface area contributed by atoms with E-state index in [2.05, 4.69) is 0 Å². The van der Waals surface area contributed by atoms with E-state index in [1.54, 1.807) is 0 Å². The van der Waals surface area contributed by atoms with Gasteiger partial charge in [-0.25, -0.2) is 0 Å².